The summed E-state index contributed by atoms with van der Waals surface area (Å²) in [4.78, 5) is 9.12. The normalized spacial score (nSPS) is 5.29. The summed E-state index contributed by atoms with van der Waals surface area (Å²) >= 11 is 0. The van der Waals surface area contributed by atoms with Crippen LogP contribution in [0.2, 0.25) is 0 Å². The Morgan fingerprint density at radius 2 is 1.71 bits per heavy atom. The van der Waals surface area contributed by atoms with Crippen molar-refractivity contribution < 1.29 is 15.0 Å². The van der Waals surface area contributed by atoms with Crippen molar-refractivity contribution in [2.45, 2.75) is 0 Å². The molecule has 0 aromatic rings. The molecule has 34 valence electrons. The second-order valence-electron chi connectivity index (χ2n) is 0.552. The molecule has 0 heterocycles. The van der Waals surface area contributed by atoms with Gasteiger partial charge in [0.15, 0.2) is 0 Å². The van der Waals surface area contributed by atoms with E-state index in [1.54, 1.807) is 0 Å². The molecule has 0 fully saturated rings. The van der Waals surface area contributed by atoms with E-state index >= 15 is 0 Å². The fourth-order valence-corrected chi connectivity index (χ4v) is 0. The number of rotatable bonds is 1. The van der Waals surface area contributed by atoms with Gasteiger partial charge in [0.2, 0.25) is 0 Å². The summed E-state index contributed by atoms with van der Waals surface area (Å²) in [6, 6.07) is 0. The van der Waals surface area contributed by atoms with E-state index in [9.17, 15) is 0 Å². The van der Waals surface area contributed by atoms with Gasteiger partial charge in [-0.2, -0.15) is 0 Å². The molecule has 0 saturated carbocycles. The number of carboxylic acid groups (broad SMARTS) is 1. The van der Waals surface area contributed by atoms with Crippen molar-refractivity contribution in [2.75, 3.05) is 6.61 Å². The summed E-state index contributed by atoms with van der Waals surface area (Å²) in [5.41, 5.74) is 0. The summed E-state index contributed by atoms with van der Waals surface area (Å²) in [5, 5.41) is 15.0. The van der Waals surface area contributed by atoms with E-state index in [2.05, 4.69) is 0 Å². The van der Waals surface area contributed by atoms with Gasteiger partial charge in [0.1, 0.15) is 6.61 Å². The van der Waals surface area contributed by atoms with Crippen LogP contribution >= 0.6 is 0 Å². The van der Waals surface area contributed by atoms with Crippen LogP contribution < -0.4 is 0 Å². The van der Waals surface area contributed by atoms with Gasteiger partial charge in [-0.1, -0.05) is 0 Å². The van der Waals surface area contributed by atoms with Crippen LogP contribution in [0.25, 0.3) is 0 Å². The van der Waals surface area contributed by atoms with Crippen molar-refractivity contribution in [2.24, 2.45) is 0 Å². The van der Waals surface area contributed by atoms with Crippen LogP contribution in [-0.4, -0.2) is 104 Å². The molecule has 0 aliphatic heterocycles. The summed E-state index contributed by atoms with van der Waals surface area (Å²) in [5.74, 6) is -1.19. The molecular weight excluding hydrogens is 134 g/mol. The van der Waals surface area contributed by atoms with E-state index in [0.29, 0.717) is 0 Å². The molecule has 7 heavy (non-hydrogen) atoms. The van der Waals surface area contributed by atoms with Crippen molar-refractivity contribution in [1.29, 1.82) is 0 Å². The first-order chi connectivity index (χ1) is 2.27. The zero-order valence-electron chi connectivity index (χ0n) is 2.51. The van der Waals surface area contributed by atoms with Crippen molar-refractivity contribution >= 4 is 86.9 Å². The molecule has 0 aliphatic carbocycles. The topological polar surface area (TPSA) is 57.5 Å². The summed E-state index contributed by atoms with van der Waals surface area (Å²) in [6.45, 7) is -0.778. The maximum absolute atomic E-state index is 9.12. The molecular formula is C2H6KNaO3. The van der Waals surface area contributed by atoms with E-state index in [1.165, 1.54) is 0 Å². The molecule has 0 radical (unpaired) electrons. The minimum atomic E-state index is -1.19. The second-order valence-corrected chi connectivity index (χ2v) is 0.552. The molecule has 0 unspecified atom stereocenters. The third kappa shape index (κ3) is 18.0. The van der Waals surface area contributed by atoms with Crippen LogP contribution in [0.4, 0.5) is 0 Å². The van der Waals surface area contributed by atoms with Gasteiger partial charge in [-0.3, -0.25) is 0 Å². The Balaban J connectivity index is -0.0000000800. The second kappa shape index (κ2) is 10.9. The third-order valence-corrected chi connectivity index (χ3v) is 0.135. The van der Waals surface area contributed by atoms with Gasteiger partial charge in [0, 0.05) is 0 Å². The Morgan fingerprint density at radius 3 is 1.71 bits per heavy atom. The van der Waals surface area contributed by atoms with Crippen molar-refractivity contribution in [3.05, 3.63) is 0 Å². The van der Waals surface area contributed by atoms with E-state index in [1.807, 2.05) is 0 Å². The van der Waals surface area contributed by atoms with Crippen LogP contribution in [0, 0.1) is 0 Å². The van der Waals surface area contributed by atoms with Gasteiger partial charge in [-0.15, -0.1) is 0 Å². The van der Waals surface area contributed by atoms with Crippen LogP contribution in [0.5, 0.6) is 0 Å². The predicted molar refractivity (Wildman–Crippen MR) is 29.0 cm³/mol. The van der Waals surface area contributed by atoms with E-state index < -0.39 is 12.6 Å². The summed E-state index contributed by atoms with van der Waals surface area (Å²) in [7, 11) is 0. The molecule has 0 atom stereocenters. The molecule has 2 N–H and O–H groups in total. The molecule has 0 aromatic heterocycles. The molecule has 3 nitrogen and oxygen atoms in total. The molecule has 0 aliphatic rings. The first kappa shape index (κ1) is 16.0. The summed E-state index contributed by atoms with van der Waals surface area (Å²) < 4.78 is 0. The molecule has 0 amide bonds. The Hall–Kier alpha value is 2.07. The van der Waals surface area contributed by atoms with Crippen LogP contribution in [0.15, 0.2) is 0 Å². The average molecular weight is 140 g/mol. The van der Waals surface area contributed by atoms with Crippen molar-refractivity contribution in [3.8, 4) is 0 Å². The van der Waals surface area contributed by atoms with Gasteiger partial charge >= 0.3 is 86.9 Å². The van der Waals surface area contributed by atoms with Gasteiger partial charge in [-0.25, -0.2) is 4.79 Å². The zero-order chi connectivity index (χ0) is 4.28. The van der Waals surface area contributed by atoms with Gasteiger partial charge in [0.05, 0.1) is 0 Å². The number of aliphatic carboxylic acids is 1. The van der Waals surface area contributed by atoms with E-state index in [-0.39, 0.29) is 80.9 Å². The average Bonchev–Trinajstić information content (AvgIpc) is 1.38. The van der Waals surface area contributed by atoms with Gasteiger partial charge < -0.3 is 10.2 Å². The Labute approximate surface area is 106 Å². The van der Waals surface area contributed by atoms with E-state index in [0.717, 1.165) is 0 Å². The first-order valence-corrected chi connectivity index (χ1v) is 1.10. The number of carboxylic acids is 1. The number of hydrogen-bond acceptors (Lipinski definition) is 2. The Kier molecular flexibility index (Phi) is 25.1. The number of hydrogen-bond donors (Lipinski definition) is 2. The predicted octanol–water partition coefficient (Wildman–Crippen LogP) is -2.23. The van der Waals surface area contributed by atoms with Crippen LogP contribution in [-0.2, 0) is 4.79 Å². The van der Waals surface area contributed by atoms with Crippen molar-refractivity contribution in [1.82, 2.24) is 0 Å². The molecule has 0 spiro atoms. The van der Waals surface area contributed by atoms with Gasteiger partial charge in [0.25, 0.3) is 0 Å². The number of aliphatic hydroxyl groups excluding tert-OH is 1. The van der Waals surface area contributed by atoms with Crippen LogP contribution in [0.1, 0.15) is 0 Å². The standard InChI is InChI=1S/C2H4O3.K.Na.2H/c3-1-2(4)5;;;;/h3H,1H2,(H,4,5);;;;. The van der Waals surface area contributed by atoms with Crippen LogP contribution in [0.3, 0.4) is 0 Å². The first-order valence-electron chi connectivity index (χ1n) is 1.10. The SMILES string of the molecule is O=C(O)CO.[KH].[NaH]. The zero-order valence-corrected chi connectivity index (χ0v) is 2.51. The number of aliphatic hydroxyl groups is 1. The number of carbonyl (C=O) groups is 1. The maximum atomic E-state index is 9.12. The fourth-order valence-electron chi connectivity index (χ4n) is 0. The quantitative estimate of drug-likeness (QED) is 0.405. The minimum absolute atomic E-state index is 0. The Morgan fingerprint density at radius 1 is 1.57 bits per heavy atom. The monoisotopic (exact) mass is 140 g/mol. The summed E-state index contributed by atoms with van der Waals surface area (Å²) in [6.07, 6.45) is 0. The third-order valence-electron chi connectivity index (χ3n) is 0.135. The van der Waals surface area contributed by atoms with E-state index in [4.69, 9.17) is 15.0 Å². The molecule has 5 heteroatoms. The molecule has 0 aromatic carbocycles. The molecule has 0 bridgehead atoms. The fraction of sp³-hybridized carbons (Fsp3) is 0.500. The Bertz CT molecular complexity index is 48.2. The molecule has 0 rings (SSSR count). The van der Waals surface area contributed by atoms with Crippen molar-refractivity contribution in [3.63, 3.8) is 0 Å². The van der Waals surface area contributed by atoms with Gasteiger partial charge in [-0.05, 0) is 0 Å². The molecule has 0 saturated heterocycles.